The lowest BCUT2D eigenvalue weighted by molar-refractivity contribution is -0.120. The van der Waals surface area contributed by atoms with Crippen molar-refractivity contribution in [2.45, 2.75) is 32.7 Å². The van der Waals surface area contributed by atoms with Crippen molar-refractivity contribution in [3.63, 3.8) is 0 Å². The number of para-hydroxylation sites is 1. The Morgan fingerprint density at radius 2 is 1.94 bits per heavy atom. The van der Waals surface area contributed by atoms with Crippen molar-refractivity contribution >= 4 is 11.6 Å². The fourth-order valence-electron chi connectivity index (χ4n) is 2.36. The van der Waals surface area contributed by atoms with E-state index in [0.29, 0.717) is 0 Å². The lowest BCUT2D eigenvalue weighted by Crippen LogP contribution is -2.49. The first-order valence-corrected chi connectivity index (χ1v) is 5.74. The van der Waals surface area contributed by atoms with Gasteiger partial charge >= 0.3 is 0 Å². The van der Waals surface area contributed by atoms with Gasteiger partial charge in [-0.3, -0.25) is 4.79 Å². The van der Waals surface area contributed by atoms with E-state index >= 15 is 0 Å². The molecule has 1 saturated heterocycles. The molecule has 1 aromatic carbocycles. The largest absolute Gasteiger partial charge is 0.320 e. The molecule has 0 aliphatic carbocycles. The number of nitrogens with two attached hydrogens (primary N) is 1. The summed E-state index contributed by atoms with van der Waals surface area (Å²) >= 11 is 0. The average molecular weight is 218 g/mol. The monoisotopic (exact) mass is 218 g/mol. The van der Waals surface area contributed by atoms with Crippen LogP contribution in [0.2, 0.25) is 0 Å². The number of aryl methyl sites for hydroxylation is 2. The van der Waals surface area contributed by atoms with Crippen LogP contribution in [-0.2, 0) is 4.79 Å². The van der Waals surface area contributed by atoms with Gasteiger partial charge in [0.1, 0.15) is 0 Å². The number of hydrogen-bond acceptors (Lipinski definition) is 2. The molecule has 2 N–H and O–H groups in total. The Morgan fingerprint density at radius 3 is 2.56 bits per heavy atom. The summed E-state index contributed by atoms with van der Waals surface area (Å²) in [6.07, 6.45) is 1.79. The maximum Gasteiger partial charge on any atom is 0.243 e. The number of piperidine rings is 1. The summed E-state index contributed by atoms with van der Waals surface area (Å²) in [6, 6.07) is 5.77. The number of benzene rings is 1. The Bertz CT molecular complexity index is 394. The summed E-state index contributed by atoms with van der Waals surface area (Å²) in [6.45, 7) is 4.86. The van der Waals surface area contributed by atoms with Crippen molar-refractivity contribution in [1.82, 2.24) is 0 Å². The van der Waals surface area contributed by atoms with Gasteiger partial charge in [-0.2, -0.15) is 0 Å². The van der Waals surface area contributed by atoms with Crippen LogP contribution in [0, 0.1) is 13.8 Å². The van der Waals surface area contributed by atoms with Crippen molar-refractivity contribution in [1.29, 1.82) is 0 Å². The van der Waals surface area contributed by atoms with Gasteiger partial charge in [0.15, 0.2) is 0 Å². The smallest absolute Gasteiger partial charge is 0.243 e. The Morgan fingerprint density at radius 1 is 1.31 bits per heavy atom. The quantitative estimate of drug-likeness (QED) is 0.780. The fourth-order valence-corrected chi connectivity index (χ4v) is 2.36. The van der Waals surface area contributed by atoms with Crippen LogP contribution < -0.4 is 10.6 Å². The molecule has 0 spiro atoms. The van der Waals surface area contributed by atoms with E-state index in [-0.39, 0.29) is 11.9 Å². The minimum absolute atomic E-state index is 0.0589. The zero-order valence-corrected chi connectivity index (χ0v) is 9.86. The Labute approximate surface area is 96.2 Å². The number of rotatable bonds is 1. The zero-order chi connectivity index (χ0) is 11.7. The van der Waals surface area contributed by atoms with Crippen LogP contribution in [0.5, 0.6) is 0 Å². The highest BCUT2D eigenvalue weighted by Crippen LogP contribution is 2.27. The molecule has 1 heterocycles. The zero-order valence-electron chi connectivity index (χ0n) is 9.86. The molecule has 3 heteroatoms. The maximum absolute atomic E-state index is 12.0. The van der Waals surface area contributed by atoms with Crippen LogP contribution in [0.15, 0.2) is 18.2 Å². The molecule has 1 aliphatic rings. The normalized spacial score (nSPS) is 21.3. The second-order valence-electron chi connectivity index (χ2n) is 4.48. The summed E-state index contributed by atoms with van der Waals surface area (Å²) in [7, 11) is 0. The summed E-state index contributed by atoms with van der Waals surface area (Å²) in [5.41, 5.74) is 9.14. The first-order chi connectivity index (χ1) is 7.61. The molecule has 0 bridgehead atoms. The maximum atomic E-state index is 12.0. The van der Waals surface area contributed by atoms with Gasteiger partial charge in [0, 0.05) is 12.2 Å². The highest BCUT2D eigenvalue weighted by Gasteiger charge is 2.28. The third-order valence-corrected chi connectivity index (χ3v) is 3.19. The average Bonchev–Trinajstić information content (AvgIpc) is 2.24. The lowest BCUT2D eigenvalue weighted by atomic mass is 10.0. The second kappa shape index (κ2) is 4.26. The summed E-state index contributed by atoms with van der Waals surface area (Å²) < 4.78 is 0. The van der Waals surface area contributed by atoms with E-state index in [4.69, 9.17) is 5.73 Å². The predicted molar refractivity (Wildman–Crippen MR) is 65.5 cm³/mol. The number of amides is 1. The highest BCUT2D eigenvalue weighted by molar-refractivity contribution is 5.99. The van der Waals surface area contributed by atoms with Crippen LogP contribution in [0.25, 0.3) is 0 Å². The number of anilines is 1. The highest BCUT2D eigenvalue weighted by atomic mass is 16.2. The minimum Gasteiger partial charge on any atom is -0.320 e. The van der Waals surface area contributed by atoms with Crippen molar-refractivity contribution in [3.8, 4) is 0 Å². The van der Waals surface area contributed by atoms with Gasteiger partial charge in [-0.1, -0.05) is 18.2 Å². The van der Waals surface area contributed by atoms with Gasteiger partial charge in [-0.25, -0.2) is 0 Å². The number of nitrogens with zero attached hydrogens (tertiary/aromatic N) is 1. The van der Waals surface area contributed by atoms with Gasteiger partial charge < -0.3 is 10.6 Å². The minimum atomic E-state index is -0.326. The van der Waals surface area contributed by atoms with Gasteiger partial charge in [-0.05, 0) is 37.8 Å². The molecule has 1 fully saturated rings. The lowest BCUT2D eigenvalue weighted by Gasteiger charge is -2.32. The first-order valence-electron chi connectivity index (χ1n) is 5.74. The van der Waals surface area contributed by atoms with Crippen LogP contribution in [-0.4, -0.2) is 18.5 Å². The van der Waals surface area contributed by atoms with E-state index in [0.717, 1.165) is 36.2 Å². The van der Waals surface area contributed by atoms with Crippen LogP contribution in [0.1, 0.15) is 24.0 Å². The Hall–Kier alpha value is -1.35. The van der Waals surface area contributed by atoms with E-state index < -0.39 is 0 Å². The molecule has 2 rings (SSSR count). The molecule has 16 heavy (non-hydrogen) atoms. The number of carbonyl (C=O) groups is 1. The van der Waals surface area contributed by atoms with Gasteiger partial charge in [0.25, 0.3) is 0 Å². The first kappa shape index (κ1) is 11.1. The van der Waals surface area contributed by atoms with Crippen LogP contribution >= 0.6 is 0 Å². The molecule has 86 valence electrons. The van der Waals surface area contributed by atoms with Crippen molar-refractivity contribution in [2.24, 2.45) is 5.73 Å². The molecular weight excluding hydrogens is 200 g/mol. The Balaban J connectivity index is 2.40. The fraction of sp³-hybridized carbons (Fsp3) is 0.462. The SMILES string of the molecule is Cc1cccc(C)c1N1CCCC(N)C1=O. The van der Waals surface area contributed by atoms with Crippen LogP contribution in [0.3, 0.4) is 0 Å². The summed E-state index contributed by atoms with van der Waals surface area (Å²) in [5, 5.41) is 0. The molecule has 1 amide bonds. The predicted octanol–water partition coefficient (Wildman–Crippen LogP) is 1.76. The molecular formula is C13H18N2O. The Kier molecular flexibility index (Phi) is 2.97. The topological polar surface area (TPSA) is 46.3 Å². The summed E-state index contributed by atoms with van der Waals surface area (Å²) in [5.74, 6) is 0.0589. The molecule has 0 aromatic heterocycles. The molecule has 0 saturated carbocycles. The van der Waals surface area contributed by atoms with Crippen molar-refractivity contribution in [3.05, 3.63) is 29.3 Å². The van der Waals surface area contributed by atoms with E-state index in [2.05, 4.69) is 0 Å². The van der Waals surface area contributed by atoms with E-state index in [1.807, 2.05) is 36.9 Å². The third kappa shape index (κ3) is 1.83. The van der Waals surface area contributed by atoms with Crippen LogP contribution in [0.4, 0.5) is 5.69 Å². The molecule has 0 radical (unpaired) electrons. The molecule has 1 aliphatic heterocycles. The van der Waals surface area contributed by atoms with Crippen molar-refractivity contribution < 1.29 is 4.79 Å². The molecule has 1 atom stereocenters. The molecule has 3 nitrogen and oxygen atoms in total. The van der Waals surface area contributed by atoms with Gasteiger partial charge in [-0.15, -0.1) is 0 Å². The van der Waals surface area contributed by atoms with E-state index in [9.17, 15) is 4.79 Å². The molecule has 1 aromatic rings. The molecule has 1 unspecified atom stereocenters. The van der Waals surface area contributed by atoms with Gasteiger partial charge in [0.05, 0.1) is 6.04 Å². The standard InChI is InChI=1S/C13H18N2O/c1-9-5-3-6-10(2)12(9)15-8-4-7-11(14)13(15)16/h3,5-6,11H,4,7-8,14H2,1-2H3. The number of hydrogen-bond donors (Lipinski definition) is 1. The second-order valence-corrected chi connectivity index (χ2v) is 4.48. The van der Waals surface area contributed by atoms with Crippen molar-refractivity contribution in [2.75, 3.05) is 11.4 Å². The summed E-state index contributed by atoms with van der Waals surface area (Å²) in [4.78, 5) is 13.9. The van der Waals surface area contributed by atoms with Gasteiger partial charge in [0.2, 0.25) is 5.91 Å². The third-order valence-electron chi connectivity index (χ3n) is 3.19. The van der Waals surface area contributed by atoms with E-state index in [1.54, 1.807) is 0 Å². The number of carbonyl (C=O) groups excluding carboxylic acids is 1. The van der Waals surface area contributed by atoms with E-state index in [1.165, 1.54) is 0 Å².